The summed E-state index contributed by atoms with van der Waals surface area (Å²) in [6, 6.07) is 9.11. The molecule has 2 rings (SSSR count). The average Bonchev–Trinajstić information content (AvgIpc) is 2.79. The number of carbonyl (C=O) groups is 1. The van der Waals surface area contributed by atoms with Gasteiger partial charge in [0.15, 0.2) is 0 Å². The molecule has 1 aliphatic heterocycles. The van der Waals surface area contributed by atoms with Crippen LogP contribution < -0.4 is 10.8 Å². The van der Waals surface area contributed by atoms with E-state index in [4.69, 9.17) is 4.84 Å². The third-order valence-electron chi connectivity index (χ3n) is 2.21. The number of hydroxylamine groups is 1. The summed E-state index contributed by atoms with van der Waals surface area (Å²) in [7, 11) is 1.55. The van der Waals surface area contributed by atoms with Gasteiger partial charge in [-0.2, -0.15) is 0 Å². The van der Waals surface area contributed by atoms with Gasteiger partial charge in [-0.25, -0.2) is 9.83 Å². The van der Waals surface area contributed by atoms with Crippen LogP contribution >= 0.6 is 0 Å². The largest absolute Gasteiger partial charge is 0.355 e. The summed E-state index contributed by atoms with van der Waals surface area (Å²) in [6.07, 6.45) is 1.36. The lowest BCUT2D eigenvalue weighted by Gasteiger charge is -2.22. The molecule has 0 saturated carbocycles. The van der Waals surface area contributed by atoms with E-state index in [1.807, 2.05) is 18.2 Å². The molecule has 2 N–H and O–H groups in total. The van der Waals surface area contributed by atoms with Crippen LogP contribution in [0.2, 0.25) is 0 Å². The molecule has 0 radical (unpaired) electrons. The van der Waals surface area contributed by atoms with Crippen LogP contribution in [0.15, 0.2) is 35.3 Å². The molecule has 1 aromatic carbocycles. The van der Waals surface area contributed by atoms with Crippen LogP contribution in [0.5, 0.6) is 0 Å². The van der Waals surface area contributed by atoms with E-state index in [-0.39, 0.29) is 5.91 Å². The predicted molar refractivity (Wildman–Crippen MR) is 54.9 cm³/mol. The molecule has 1 aromatic rings. The lowest BCUT2D eigenvalue weighted by molar-refractivity contribution is -0.149. The first-order valence-corrected chi connectivity index (χ1v) is 4.54. The summed E-state index contributed by atoms with van der Waals surface area (Å²) in [5.74, 6) is -0.310. The van der Waals surface area contributed by atoms with Gasteiger partial charge in [0.2, 0.25) is 0 Å². The third-order valence-corrected chi connectivity index (χ3v) is 2.21. The summed E-state index contributed by atoms with van der Waals surface area (Å²) in [5, 5.41) is 2.53. The fraction of sp³-hybridized carbons (Fsp3) is 0.200. The number of nitrogens with one attached hydrogen (secondary N) is 2. The Morgan fingerprint density at radius 2 is 2.20 bits per heavy atom. The summed E-state index contributed by atoms with van der Waals surface area (Å²) < 4.78 is 0. The number of rotatable bonds is 2. The van der Waals surface area contributed by atoms with Crippen LogP contribution in [0.1, 0.15) is 5.56 Å². The van der Waals surface area contributed by atoms with Crippen LogP contribution in [0, 0.1) is 0 Å². The normalized spacial score (nSPS) is 23.5. The molecule has 1 amide bonds. The van der Waals surface area contributed by atoms with Crippen molar-refractivity contribution in [1.82, 2.24) is 10.8 Å². The first-order valence-electron chi connectivity index (χ1n) is 4.54. The summed E-state index contributed by atoms with van der Waals surface area (Å²) >= 11 is 0. The quantitative estimate of drug-likeness (QED) is 0.722. The zero-order chi connectivity index (χ0) is 10.7. The second-order valence-electron chi connectivity index (χ2n) is 3.07. The maximum absolute atomic E-state index is 11.7. The van der Waals surface area contributed by atoms with Crippen LogP contribution in [0.4, 0.5) is 0 Å². The fourth-order valence-electron chi connectivity index (χ4n) is 1.46. The van der Waals surface area contributed by atoms with Crippen LogP contribution in [0.3, 0.4) is 0 Å². The maximum Gasteiger partial charge on any atom is 0.290 e. The number of nitrogens with zero attached hydrogens (tertiary/aromatic N) is 1. The lowest BCUT2D eigenvalue weighted by atomic mass is 10.0. The number of hydrogen-bond acceptors (Lipinski definition) is 4. The summed E-state index contributed by atoms with van der Waals surface area (Å²) in [6.45, 7) is 0. The highest BCUT2D eigenvalue weighted by Crippen LogP contribution is 2.28. The van der Waals surface area contributed by atoms with E-state index >= 15 is 0 Å². The van der Waals surface area contributed by atoms with E-state index in [1.54, 1.807) is 19.2 Å². The van der Waals surface area contributed by atoms with Gasteiger partial charge in [-0.3, -0.25) is 10.3 Å². The number of aliphatic imine (C=N–C) groups is 1. The molecule has 0 fully saturated rings. The van der Waals surface area contributed by atoms with Crippen molar-refractivity contribution < 1.29 is 9.63 Å². The maximum atomic E-state index is 11.7. The van der Waals surface area contributed by atoms with Crippen molar-refractivity contribution in [2.45, 2.75) is 5.72 Å². The average molecular weight is 205 g/mol. The minimum atomic E-state index is -1.30. The predicted octanol–water partition coefficient (Wildman–Crippen LogP) is 0.148. The van der Waals surface area contributed by atoms with Crippen LogP contribution in [-0.4, -0.2) is 19.3 Å². The highest BCUT2D eigenvalue weighted by Gasteiger charge is 2.43. The summed E-state index contributed by atoms with van der Waals surface area (Å²) in [4.78, 5) is 21.0. The Balaban J connectivity index is 2.44. The molecule has 1 atom stereocenters. The van der Waals surface area contributed by atoms with Gasteiger partial charge in [0, 0.05) is 12.6 Å². The molecule has 0 saturated heterocycles. The Bertz CT molecular complexity index is 391. The van der Waals surface area contributed by atoms with Crippen molar-refractivity contribution >= 4 is 12.2 Å². The molecule has 78 valence electrons. The zero-order valence-electron chi connectivity index (χ0n) is 8.23. The fourth-order valence-corrected chi connectivity index (χ4v) is 1.46. The molecular formula is C10H11N3O2. The molecule has 1 aliphatic rings. The Morgan fingerprint density at radius 3 is 2.73 bits per heavy atom. The first kappa shape index (κ1) is 9.67. The van der Waals surface area contributed by atoms with E-state index in [9.17, 15) is 4.79 Å². The van der Waals surface area contributed by atoms with Crippen LogP contribution in [-0.2, 0) is 15.4 Å². The van der Waals surface area contributed by atoms with Crippen molar-refractivity contribution in [3.8, 4) is 0 Å². The smallest absolute Gasteiger partial charge is 0.290 e. The first-order chi connectivity index (χ1) is 7.29. The second-order valence-corrected chi connectivity index (χ2v) is 3.07. The molecule has 0 spiro atoms. The number of amides is 1. The van der Waals surface area contributed by atoms with Crippen molar-refractivity contribution in [2.24, 2.45) is 4.99 Å². The molecule has 0 aliphatic carbocycles. The lowest BCUT2D eigenvalue weighted by Crippen LogP contribution is -2.43. The van der Waals surface area contributed by atoms with Crippen molar-refractivity contribution in [3.63, 3.8) is 0 Å². The zero-order valence-corrected chi connectivity index (χ0v) is 8.23. The number of carbonyl (C=O) groups excluding carboxylic acids is 1. The van der Waals surface area contributed by atoms with Gasteiger partial charge < -0.3 is 5.32 Å². The Hall–Kier alpha value is -1.88. The van der Waals surface area contributed by atoms with Gasteiger partial charge >= 0.3 is 0 Å². The second kappa shape index (κ2) is 3.70. The standard InChI is InChI=1S/C10H11N3O2/c1-11-9(14)10(12-7-13-15-10)8-5-3-2-4-6-8/h2-7H,1H3,(H,11,14)(H,12,13). The molecule has 1 heterocycles. The highest BCUT2D eigenvalue weighted by molar-refractivity contribution is 5.88. The number of likely N-dealkylation sites (N-methyl/N-ethyl adjacent to an activating group) is 1. The molecule has 0 aromatic heterocycles. The van der Waals surface area contributed by atoms with Gasteiger partial charge in [-0.05, 0) is 0 Å². The van der Waals surface area contributed by atoms with Gasteiger partial charge in [0.25, 0.3) is 11.6 Å². The van der Waals surface area contributed by atoms with Gasteiger partial charge in [-0.1, -0.05) is 30.3 Å². The SMILES string of the molecule is CNC(=O)C1(c2ccccc2)N=CNO1. The van der Waals surface area contributed by atoms with Gasteiger partial charge in [-0.15, -0.1) is 0 Å². The van der Waals surface area contributed by atoms with Crippen LogP contribution in [0.25, 0.3) is 0 Å². The Labute approximate surface area is 87.1 Å². The minimum absolute atomic E-state index is 0.310. The molecule has 5 heteroatoms. The van der Waals surface area contributed by atoms with E-state index in [0.717, 1.165) is 0 Å². The van der Waals surface area contributed by atoms with Crippen molar-refractivity contribution in [1.29, 1.82) is 0 Å². The summed E-state index contributed by atoms with van der Waals surface area (Å²) in [5.41, 5.74) is 1.86. The molecule has 5 nitrogen and oxygen atoms in total. The number of hydrogen-bond donors (Lipinski definition) is 2. The molecule has 0 bridgehead atoms. The monoisotopic (exact) mass is 205 g/mol. The third kappa shape index (κ3) is 1.46. The van der Waals surface area contributed by atoms with Gasteiger partial charge in [0.05, 0.1) is 0 Å². The Morgan fingerprint density at radius 1 is 1.47 bits per heavy atom. The van der Waals surface area contributed by atoms with E-state index in [0.29, 0.717) is 5.56 Å². The molecule has 15 heavy (non-hydrogen) atoms. The minimum Gasteiger partial charge on any atom is -0.355 e. The van der Waals surface area contributed by atoms with E-state index < -0.39 is 5.72 Å². The highest BCUT2D eigenvalue weighted by atomic mass is 16.7. The van der Waals surface area contributed by atoms with Crippen molar-refractivity contribution in [3.05, 3.63) is 35.9 Å². The Kier molecular flexibility index (Phi) is 2.39. The van der Waals surface area contributed by atoms with Gasteiger partial charge in [0.1, 0.15) is 6.34 Å². The molecule has 1 unspecified atom stereocenters. The van der Waals surface area contributed by atoms with Crippen molar-refractivity contribution in [2.75, 3.05) is 7.05 Å². The number of benzene rings is 1. The van der Waals surface area contributed by atoms with E-state index in [2.05, 4.69) is 15.8 Å². The molecular weight excluding hydrogens is 194 g/mol. The van der Waals surface area contributed by atoms with E-state index in [1.165, 1.54) is 6.34 Å². The topological polar surface area (TPSA) is 62.7 Å².